The molecule has 4 aromatic rings. The van der Waals surface area contributed by atoms with Crippen LogP contribution in [0.5, 0.6) is 0 Å². The minimum atomic E-state index is -0.868. The zero-order valence-electron chi connectivity index (χ0n) is 18.8. The molecule has 0 saturated carbocycles. The van der Waals surface area contributed by atoms with Gasteiger partial charge < -0.3 is 16.4 Å². The van der Waals surface area contributed by atoms with E-state index in [-0.39, 0.29) is 17.2 Å². The minimum Gasteiger partial charge on any atom is -0.368 e. The molecule has 2 heterocycles. The Bertz CT molecular complexity index is 1360. The molecule has 174 valence electrons. The molecule has 0 saturated heterocycles. The number of hydrogen-bond donors (Lipinski definition) is 3. The number of rotatable bonds is 4. The third kappa shape index (κ3) is 5.01. The molecule has 2 aromatic heterocycles. The predicted molar refractivity (Wildman–Crippen MR) is 127 cm³/mol. The van der Waals surface area contributed by atoms with Crippen LogP contribution < -0.4 is 16.4 Å². The molecule has 2 aromatic carbocycles. The summed E-state index contributed by atoms with van der Waals surface area (Å²) in [6.07, 6.45) is 3.47. The van der Waals surface area contributed by atoms with E-state index in [9.17, 15) is 13.6 Å². The van der Waals surface area contributed by atoms with Crippen molar-refractivity contribution in [1.82, 2.24) is 19.7 Å². The summed E-state index contributed by atoms with van der Waals surface area (Å²) in [6, 6.07) is 11.1. The van der Waals surface area contributed by atoms with Crippen LogP contribution in [-0.2, 0) is 5.54 Å². The van der Waals surface area contributed by atoms with Crippen LogP contribution in [0.1, 0.15) is 20.8 Å². The topological polar surface area (TPSA) is 111 Å². The molecule has 0 bridgehead atoms. The molecule has 0 unspecified atom stereocenters. The first-order valence-electron chi connectivity index (χ1n) is 10.4. The third-order valence-corrected chi connectivity index (χ3v) is 4.93. The average molecular weight is 463 g/mol. The van der Waals surface area contributed by atoms with Crippen LogP contribution in [0.4, 0.5) is 30.9 Å². The van der Waals surface area contributed by atoms with Crippen LogP contribution in [0.15, 0.2) is 60.9 Å². The Labute approximate surface area is 194 Å². The standard InChI is InChI=1S/C24H23F2N7O/c1-24(2,3)33-13-17(21(32-33)20-9-10-28-22(27)30-20)14-5-4-6-16(11-14)29-23(34)31-19-8-7-15(25)12-18(19)26/h4-13H,1-3H3,(H2,27,28,30)(H2,29,31,34). The first-order chi connectivity index (χ1) is 16.1. The largest absolute Gasteiger partial charge is 0.368 e. The van der Waals surface area contributed by atoms with Crippen molar-refractivity contribution in [1.29, 1.82) is 0 Å². The molecule has 0 fully saturated rings. The van der Waals surface area contributed by atoms with Gasteiger partial charge in [-0.3, -0.25) is 4.68 Å². The zero-order valence-corrected chi connectivity index (χ0v) is 18.8. The molecule has 0 aliphatic rings. The van der Waals surface area contributed by atoms with E-state index in [0.717, 1.165) is 23.3 Å². The van der Waals surface area contributed by atoms with Crippen molar-refractivity contribution in [2.45, 2.75) is 26.3 Å². The molecular weight excluding hydrogens is 440 g/mol. The van der Waals surface area contributed by atoms with Crippen LogP contribution >= 0.6 is 0 Å². The number of carbonyl (C=O) groups is 1. The Hall–Kier alpha value is -4.34. The van der Waals surface area contributed by atoms with E-state index in [1.54, 1.807) is 30.5 Å². The van der Waals surface area contributed by atoms with Gasteiger partial charge in [-0.2, -0.15) is 5.10 Å². The SMILES string of the molecule is CC(C)(C)n1cc(-c2cccc(NC(=O)Nc3ccc(F)cc3F)c2)c(-c2ccnc(N)n2)n1. The molecule has 4 rings (SSSR count). The monoisotopic (exact) mass is 463 g/mol. The minimum absolute atomic E-state index is 0.133. The summed E-state index contributed by atoms with van der Waals surface area (Å²) in [5.74, 6) is -1.46. The van der Waals surface area contributed by atoms with Gasteiger partial charge in [0.1, 0.15) is 17.3 Å². The number of amides is 2. The summed E-state index contributed by atoms with van der Waals surface area (Å²) in [5, 5.41) is 9.77. The maximum atomic E-state index is 13.9. The van der Waals surface area contributed by atoms with Crippen molar-refractivity contribution in [3.8, 4) is 22.5 Å². The van der Waals surface area contributed by atoms with Crippen LogP contribution in [0.2, 0.25) is 0 Å². The number of aromatic nitrogens is 4. The van der Waals surface area contributed by atoms with Crippen molar-refractivity contribution in [3.63, 3.8) is 0 Å². The molecule has 10 heteroatoms. The van der Waals surface area contributed by atoms with Gasteiger partial charge in [-0.15, -0.1) is 0 Å². The van der Waals surface area contributed by atoms with Gasteiger partial charge in [0, 0.05) is 29.7 Å². The molecule has 8 nitrogen and oxygen atoms in total. The second-order valence-electron chi connectivity index (χ2n) is 8.59. The van der Waals surface area contributed by atoms with E-state index in [2.05, 4.69) is 20.6 Å². The lowest BCUT2D eigenvalue weighted by Crippen LogP contribution is -2.22. The first-order valence-corrected chi connectivity index (χ1v) is 10.4. The van der Waals surface area contributed by atoms with Gasteiger partial charge in [-0.05, 0) is 56.7 Å². The fourth-order valence-corrected chi connectivity index (χ4v) is 3.26. The molecule has 0 spiro atoms. The van der Waals surface area contributed by atoms with Crippen molar-refractivity contribution < 1.29 is 13.6 Å². The normalized spacial score (nSPS) is 11.3. The number of nitrogens with two attached hydrogens (primary N) is 1. The number of hydrogen-bond acceptors (Lipinski definition) is 5. The van der Waals surface area contributed by atoms with Crippen molar-refractivity contribution in [2.24, 2.45) is 0 Å². The summed E-state index contributed by atoms with van der Waals surface area (Å²) < 4.78 is 28.8. The van der Waals surface area contributed by atoms with E-state index in [1.807, 2.05) is 37.7 Å². The maximum absolute atomic E-state index is 13.9. The van der Waals surface area contributed by atoms with Gasteiger partial charge in [-0.25, -0.2) is 23.5 Å². The number of halogens is 2. The average Bonchev–Trinajstić information content (AvgIpc) is 3.22. The van der Waals surface area contributed by atoms with Gasteiger partial charge >= 0.3 is 6.03 Å². The molecule has 0 aliphatic heterocycles. The van der Waals surface area contributed by atoms with Gasteiger partial charge in [0.25, 0.3) is 0 Å². The highest BCUT2D eigenvalue weighted by Gasteiger charge is 2.21. The molecule has 2 amide bonds. The van der Waals surface area contributed by atoms with E-state index in [0.29, 0.717) is 23.1 Å². The number of benzene rings is 2. The highest BCUT2D eigenvalue weighted by atomic mass is 19.1. The zero-order chi connectivity index (χ0) is 24.5. The smallest absolute Gasteiger partial charge is 0.323 e. The van der Waals surface area contributed by atoms with E-state index in [1.165, 1.54) is 0 Å². The molecular formula is C24H23F2N7O. The Balaban J connectivity index is 1.65. The third-order valence-electron chi connectivity index (χ3n) is 4.93. The lowest BCUT2D eigenvalue weighted by atomic mass is 10.0. The molecule has 0 radical (unpaired) electrons. The molecule has 0 aliphatic carbocycles. The fraction of sp³-hybridized carbons (Fsp3) is 0.167. The first kappa shape index (κ1) is 22.8. The highest BCUT2D eigenvalue weighted by molar-refractivity contribution is 6.00. The summed E-state index contributed by atoms with van der Waals surface area (Å²) in [5.41, 5.74) is 8.55. The maximum Gasteiger partial charge on any atom is 0.323 e. The quantitative estimate of drug-likeness (QED) is 0.382. The summed E-state index contributed by atoms with van der Waals surface area (Å²) in [7, 11) is 0. The van der Waals surface area contributed by atoms with Crippen molar-refractivity contribution in [2.75, 3.05) is 16.4 Å². The number of nitrogen functional groups attached to an aromatic ring is 1. The number of nitrogens with one attached hydrogen (secondary N) is 2. The van der Waals surface area contributed by atoms with E-state index < -0.39 is 17.7 Å². The van der Waals surface area contributed by atoms with Crippen molar-refractivity contribution in [3.05, 3.63) is 72.6 Å². The summed E-state index contributed by atoms with van der Waals surface area (Å²) >= 11 is 0. The second-order valence-corrected chi connectivity index (χ2v) is 8.59. The summed E-state index contributed by atoms with van der Waals surface area (Å²) in [6.45, 7) is 6.08. The number of anilines is 3. The van der Waals surface area contributed by atoms with Crippen LogP contribution in [0.3, 0.4) is 0 Å². The second kappa shape index (κ2) is 8.89. The molecule has 4 N–H and O–H groups in total. The van der Waals surface area contributed by atoms with Crippen LogP contribution in [0.25, 0.3) is 22.5 Å². The Morgan fingerprint density at radius 1 is 1.06 bits per heavy atom. The Morgan fingerprint density at radius 3 is 2.56 bits per heavy atom. The lowest BCUT2D eigenvalue weighted by Gasteiger charge is -2.18. The number of carbonyl (C=O) groups excluding carboxylic acids is 1. The van der Waals surface area contributed by atoms with Gasteiger partial charge in [0.2, 0.25) is 5.95 Å². The van der Waals surface area contributed by atoms with Crippen LogP contribution in [-0.4, -0.2) is 25.8 Å². The van der Waals surface area contributed by atoms with Gasteiger partial charge in [0.15, 0.2) is 0 Å². The number of urea groups is 1. The van der Waals surface area contributed by atoms with Gasteiger partial charge in [0.05, 0.1) is 16.9 Å². The van der Waals surface area contributed by atoms with E-state index in [4.69, 9.17) is 10.8 Å². The molecule has 34 heavy (non-hydrogen) atoms. The van der Waals surface area contributed by atoms with Gasteiger partial charge in [-0.1, -0.05) is 12.1 Å². The number of nitrogens with zero attached hydrogens (tertiary/aromatic N) is 4. The van der Waals surface area contributed by atoms with Crippen LogP contribution in [0, 0.1) is 11.6 Å². The summed E-state index contributed by atoms with van der Waals surface area (Å²) in [4.78, 5) is 20.6. The highest BCUT2D eigenvalue weighted by Crippen LogP contribution is 2.33. The Kier molecular flexibility index (Phi) is 5.97. The predicted octanol–water partition coefficient (Wildman–Crippen LogP) is 5.27. The Morgan fingerprint density at radius 2 is 1.85 bits per heavy atom. The van der Waals surface area contributed by atoms with E-state index >= 15 is 0 Å². The lowest BCUT2D eigenvalue weighted by molar-refractivity contribution is 0.262. The molecule has 0 atom stereocenters. The fourth-order valence-electron chi connectivity index (χ4n) is 3.26. The van der Waals surface area contributed by atoms with Crippen molar-refractivity contribution >= 4 is 23.4 Å².